The SMILES string of the molecule is NCCCn1c(=O)ccn(CCCCCO)c1=O. The van der Waals surface area contributed by atoms with E-state index >= 15 is 0 Å². The van der Waals surface area contributed by atoms with Gasteiger partial charge in [0.2, 0.25) is 0 Å². The van der Waals surface area contributed by atoms with Gasteiger partial charge in [0.15, 0.2) is 0 Å². The molecule has 0 aliphatic heterocycles. The van der Waals surface area contributed by atoms with Gasteiger partial charge in [0.05, 0.1) is 0 Å². The minimum atomic E-state index is -0.278. The van der Waals surface area contributed by atoms with Gasteiger partial charge in [-0.1, -0.05) is 0 Å². The number of aliphatic hydroxyl groups excluding tert-OH is 1. The van der Waals surface area contributed by atoms with Gasteiger partial charge in [-0.25, -0.2) is 4.79 Å². The van der Waals surface area contributed by atoms with Gasteiger partial charge in [-0.05, 0) is 32.2 Å². The molecular weight excluding hydrogens is 234 g/mol. The molecule has 18 heavy (non-hydrogen) atoms. The van der Waals surface area contributed by atoms with Crippen LogP contribution in [0.1, 0.15) is 25.7 Å². The number of nitrogens with two attached hydrogens (primary N) is 1. The molecule has 6 heteroatoms. The number of nitrogens with zero attached hydrogens (tertiary/aromatic N) is 2. The van der Waals surface area contributed by atoms with Crippen LogP contribution in [0.15, 0.2) is 21.9 Å². The third-order valence-corrected chi connectivity index (χ3v) is 2.78. The summed E-state index contributed by atoms with van der Waals surface area (Å²) < 4.78 is 2.76. The number of hydrogen-bond acceptors (Lipinski definition) is 4. The van der Waals surface area contributed by atoms with Crippen LogP contribution in [0.3, 0.4) is 0 Å². The summed E-state index contributed by atoms with van der Waals surface area (Å²) in [5, 5.41) is 8.67. The molecule has 1 aromatic rings. The second kappa shape index (κ2) is 7.84. The monoisotopic (exact) mass is 255 g/mol. The predicted octanol–water partition coefficient (Wildman–Crippen LogP) is -0.479. The van der Waals surface area contributed by atoms with Gasteiger partial charge in [0, 0.05) is 32.0 Å². The number of hydrogen-bond donors (Lipinski definition) is 2. The molecule has 1 aromatic heterocycles. The fourth-order valence-electron chi connectivity index (χ4n) is 1.75. The Hall–Kier alpha value is -1.40. The molecule has 0 saturated carbocycles. The van der Waals surface area contributed by atoms with Crippen LogP contribution in [-0.2, 0) is 13.1 Å². The maximum Gasteiger partial charge on any atom is 0.330 e. The number of aromatic nitrogens is 2. The van der Waals surface area contributed by atoms with Gasteiger partial charge in [-0.2, -0.15) is 0 Å². The highest BCUT2D eigenvalue weighted by Gasteiger charge is 2.04. The van der Waals surface area contributed by atoms with Crippen LogP contribution in [0.2, 0.25) is 0 Å². The fourth-order valence-corrected chi connectivity index (χ4v) is 1.75. The molecule has 0 atom stereocenters. The first-order valence-corrected chi connectivity index (χ1v) is 6.32. The Labute approximate surface area is 106 Å². The first kappa shape index (κ1) is 14.7. The van der Waals surface area contributed by atoms with Crippen LogP contribution in [0.4, 0.5) is 0 Å². The molecule has 0 amide bonds. The summed E-state index contributed by atoms with van der Waals surface area (Å²) in [5.41, 5.74) is 4.82. The van der Waals surface area contributed by atoms with Crippen LogP contribution in [-0.4, -0.2) is 27.4 Å². The lowest BCUT2D eigenvalue weighted by atomic mass is 10.2. The Kier molecular flexibility index (Phi) is 6.38. The molecular formula is C12H21N3O3. The van der Waals surface area contributed by atoms with Crippen molar-refractivity contribution >= 4 is 0 Å². The summed E-state index contributed by atoms with van der Waals surface area (Å²) in [5.74, 6) is 0. The molecule has 0 aromatic carbocycles. The average Bonchev–Trinajstić information content (AvgIpc) is 2.37. The summed E-state index contributed by atoms with van der Waals surface area (Å²) in [7, 11) is 0. The van der Waals surface area contributed by atoms with E-state index in [9.17, 15) is 9.59 Å². The van der Waals surface area contributed by atoms with E-state index in [0.717, 1.165) is 19.3 Å². The van der Waals surface area contributed by atoms with Crippen molar-refractivity contribution in [3.05, 3.63) is 33.1 Å². The van der Waals surface area contributed by atoms with Crippen molar-refractivity contribution in [2.75, 3.05) is 13.2 Å². The number of aliphatic hydroxyl groups is 1. The normalized spacial score (nSPS) is 10.8. The molecule has 0 radical (unpaired) electrons. The standard InChI is InChI=1S/C12H21N3O3/c13-6-4-8-15-11(17)5-9-14(12(15)18)7-2-1-3-10-16/h5,9,16H,1-4,6-8,10,13H2. The third kappa shape index (κ3) is 4.12. The summed E-state index contributed by atoms with van der Waals surface area (Å²) in [6.45, 7) is 1.57. The number of aryl methyl sites for hydroxylation is 1. The second-order valence-corrected chi connectivity index (χ2v) is 4.21. The number of rotatable bonds is 8. The minimum Gasteiger partial charge on any atom is -0.396 e. The summed E-state index contributed by atoms with van der Waals surface area (Å²) in [6, 6.07) is 1.41. The first-order valence-electron chi connectivity index (χ1n) is 6.32. The van der Waals surface area contributed by atoms with E-state index in [1.54, 1.807) is 0 Å². The molecule has 3 N–H and O–H groups in total. The lowest BCUT2D eigenvalue weighted by Gasteiger charge is -2.09. The summed E-state index contributed by atoms with van der Waals surface area (Å²) in [6.07, 6.45) is 4.56. The Balaban J connectivity index is 2.74. The van der Waals surface area contributed by atoms with Crippen molar-refractivity contribution < 1.29 is 5.11 Å². The minimum absolute atomic E-state index is 0.172. The zero-order valence-electron chi connectivity index (χ0n) is 10.5. The molecule has 102 valence electrons. The summed E-state index contributed by atoms with van der Waals surface area (Å²) >= 11 is 0. The maximum absolute atomic E-state index is 12.0. The van der Waals surface area contributed by atoms with Gasteiger partial charge in [-0.3, -0.25) is 9.36 Å². The summed E-state index contributed by atoms with van der Waals surface area (Å²) in [4.78, 5) is 23.5. The Morgan fingerprint density at radius 2 is 1.89 bits per heavy atom. The Morgan fingerprint density at radius 3 is 2.56 bits per heavy atom. The van der Waals surface area contributed by atoms with E-state index in [1.807, 2.05) is 0 Å². The largest absolute Gasteiger partial charge is 0.396 e. The highest BCUT2D eigenvalue weighted by molar-refractivity contribution is 4.86. The smallest absolute Gasteiger partial charge is 0.330 e. The van der Waals surface area contributed by atoms with E-state index in [1.165, 1.54) is 21.4 Å². The van der Waals surface area contributed by atoms with Gasteiger partial charge < -0.3 is 15.4 Å². The zero-order valence-corrected chi connectivity index (χ0v) is 10.5. The zero-order chi connectivity index (χ0) is 13.4. The van der Waals surface area contributed by atoms with Crippen LogP contribution in [0, 0.1) is 0 Å². The Morgan fingerprint density at radius 1 is 1.11 bits per heavy atom. The van der Waals surface area contributed by atoms with E-state index in [-0.39, 0.29) is 17.9 Å². The van der Waals surface area contributed by atoms with Crippen molar-refractivity contribution in [3.63, 3.8) is 0 Å². The van der Waals surface area contributed by atoms with Crippen LogP contribution < -0.4 is 17.0 Å². The lowest BCUT2D eigenvalue weighted by molar-refractivity contribution is 0.281. The quantitative estimate of drug-likeness (QED) is 0.614. The van der Waals surface area contributed by atoms with Crippen molar-refractivity contribution in [3.8, 4) is 0 Å². The maximum atomic E-state index is 12.0. The molecule has 0 aliphatic carbocycles. The van der Waals surface area contributed by atoms with E-state index in [2.05, 4.69) is 0 Å². The average molecular weight is 255 g/mol. The fraction of sp³-hybridized carbons (Fsp3) is 0.667. The second-order valence-electron chi connectivity index (χ2n) is 4.21. The molecule has 0 unspecified atom stereocenters. The third-order valence-electron chi connectivity index (χ3n) is 2.78. The van der Waals surface area contributed by atoms with Crippen LogP contribution in [0.5, 0.6) is 0 Å². The molecule has 0 fully saturated rings. The topological polar surface area (TPSA) is 90.2 Å². The van der Waals surface area contributed by atoms with Gasteiger partial charge in [0.1, 0.15) is 0 Å². The van der Waals surface area contributed by atoms with Crippen LogP contribution in [0.25, 0.3) is 0 Å². The van der Waals surface area contributed by atoms with Gasteiger partial charge >= 0.3 is 5.69 Å². The molecule has 1 heterocycles. The highest BCUT2D eigenvalue weighted by Crippen LogP contribution is 1.96. The molecule has 1 rings (SSSR count). The van der Waals surface area contributed by atoms with Crippen molar-refractivity contribution in [1.29, 1.82) is 0 Å². The predicted molar refractivity (Wildman–Crippen MR) is 69.6 cm³/mol. The first-order chi connectivity index (χ1) is 8.70. The van der Waals surface area contributed by atoms with Crippen molar-refractivity contribution in [2.45, 2.75) is 38.8 Å². The Bertz CT molecular complexity index is 464. The molecule has 0 saturated heterocycles. The van der Waals surface area contributed by atoms with E-state index in [4.69, 9.17) is 10.8 Å². The van der Waals surface area contributed by atoms with E-state index in [0.29, 0.717) is 26.1 Å². The van der Waals surface area contributed by atoms with Crippen molar-refractivity contribution in [1.82, 2.24) is 9.13 Å². The van der Waals surface area contributed by atoms with Crippen molar-refractivity contribution in [2.24, 2.45) is 5.73 Å². The molecule has 6 nitrogen and oxygen atoms in total. The molecule has 0 bridgehead atoms. The molecule has 0 aliphatic rings. The van der Waals surface area contributed by atoms with E-state index < -0.39 is 0 Å². The lowest BCUT2D eigenvalue weighted by Crippen LogP contribution is -2.39. The van der Waals surface area contributed by atoms with Gasteiger partial charge in [0.25, 0.3) is 5.56 Å². The highest BCUT2D eigenvalue weighted by atomic mass is 16.3. The number of unbranched alkanes of at least 4 members (excludes halogenated alkanes) is 2. The van der Waals surface area contributed by atoms with Crippen LogP contribution >= 0.6 is 0 Å². The van der Waals surface area contributed by atoms with Gasteiger partial charge in [-0.15, -0.1) is 0 Å². The molecule has 0 spiro atoms.